The van der Waals surface area contributed by atoms with Gasteiger partial charge in [0.2, 0.25) is 11.8 Å². The topological polar surface area (TPSA) is 65.2 Å². The second kappa shape index (κ2) is 10.4. The number of rotatable bonds is 3. The third-order valence-corrected chi connectivity index (χ3v) is 6.86. The summed E-state index contributed by atoms with van der Waals surface area (Å²) in [7, 11) is 1.73. The van der Waals surface area contributed by atoms with E-state index in [-0.39, 0.29) is 30.5 Å². The standard InChI is InChI=1S/C30H30FN3O2/c1-34(19-20-8-3-2-4-9-20)30(36)28-17-22-14-21(15-23(31)16-22)10-7-13-27-25(18-29(35)33-28)24-11-5-6-12-26(24)32-27/h2-6,8-9,11-12,14-16,28,32H,7,10,13,17-19H2,1H3,(H,33,35). The van der Waals surface area contributed by atoms with Gasteiger partial charge < -0.3 is 15.2 Å². The number of hydrogen-bond acceptors (Lipinski definition) is 2. The summed E-state index contributed by atoms with van der Waals surface area (Å²) in [6.45, 7) is 0.424. The Morgan fingerprint density at radius 1 is 1.00 bits per heavy atom. The van der Waals surface area contributed by atoms with Crippen molar-refractivity contribution in [3.8, 4) is 0 Å². The SMILES string of the molecule is CN(Cc1ccccc1)C(=O)C1Cc2cc(F)cc(c2)CCCc2[nH]c3ccccc3c2CC(=O)N1. The van der Waals surface area contributed by atoms with Crippen molar-refractivity contribution in [1.29, 1.82) is 0 Å². The molecule has 0 fully saturated rings. The molecule has 2 bridgehead atoms. The summed E-state index contributed by atoms with van der Waals surface area (Å²) in [5, 5.41) is 4.00. The van der Waals surface area contributed by atoms with Crippen molar-refractivity contribution in [2.75, 3.05) is 7.05 Å². The lowest BCUT2D eigenvalue weighted by atomic mass is 9.99. The van der Waals surface area contributed by atoms with Crippen molar-refractivity contribution in [3.63, 3.8) is 0 Å². The van der Waals surface area contributed by atoms with Crippen molar-refractivity contribution < 1.29 is 14.0 Å². The van der Waals surface area contributed by atoms with E-state index >= 15 is 0 Å². The van der Waals surface area contributed by atoms with E-state index in [1.54, 1.807) is 18.0 Å². The minimum Gasteiger partial charge on any atom is -0.358 e. The molecule has 4 aromatic rings. The summed E-state index contributed by atoms with van der Waals surface area (Å²) in [6.07, 6.45) is 2.71. The molecule has 1 aromatic heterocycles. The molecule has 0 saturated heterocycles. The Balaban J connectivity index is 1.48. The number of carbonyl (C=O) groups excluding carboxylic acids is 2. The van der Waals surface area contributed by atoms with E-state index < -0.39 is 6.04 Å². The number of aromatic amines is 1. The first-order valence-corrected chi connectivity index (χ1v) is 12.4. The summed E-state index contributed by atoms with van der Waals surface area (Å²) in [6, 6.07) is 21.9. The van der Waals surface area contributed by atoms with E-state index in [0.717, 1.165) is 46.1 Å². The number of aryl methyl sites for hydroxylation is 2. The van der Waals surface area contributed by atoms with E-state index in [0.29, 0.717) is 18.5 Å². The highest BCUT2D eigenvalue weighted by molar-refractivity contribution is 5.92. The van der Waals surface area contributed by atoms with Crippen LogP contribution in [0, 0.1) is 5.82 Å². The third-order valence-electron chi connectivity index (χ3n) is 6.86. The number of amides is 2. The number of H-pyrrole nitrogens is 1. The first-order valence-electron chi connectivity index (χ1n) is 12.4. The molecule has 0 spiro atoms. The molecule has 2 heterocycles. The molecule has 0 aliphatic carbocycles. The highest BCUT2D eigenvalue weighted by Crippen LogP contribution is 2.25. The van der Waals surface area contributed by atoms with Crippen LogP contribution in [-0.2, 0) is 41.8 Å². The monoisotopic (exact) mass is 483 g/mol. The van der Waals surface area contributed by atoms with Crippen LogP contribution in [0.4, 0.5) is 4.39 Å². The summed E-state index contributed by atoms with van der Waals surface area (Å²) in [5.41, 5.74) is 5.58. The molecular weight excluding hydrogens is 453 g/mol. The van der Waals surface area contributed by atoms with Gasteiger partial charge in [0.1, 0.15) is 11.9 Å². The number of para-hydroxylation sites is 1. The Morgan fingerprint density at radius 2 is 1.75 bits per heavy atom. The normalized spacial score (nSPS) is 16.3. The number of aromatic nitrogens is 1. The van der Waals surface area contributed by atoms with E-state index in [2.05, 4.69) is 10.3 Å². The fraction of sp³-hybridized carbons (Fsp3) is 0.267. The van der Waals surface area contributed by atoms with Crippen LogP contribution in [0.3, 0.4) is 0 Å². The largest absolute Gasteiger partial charge is 0.358 e. The zero-order valence-electron chi connectivity index (χ0n) is 20.4. The molecule has 0 radical (unpaired) electrons. The van der Waals surface area contributed by atoms with Gasteiger partial charge in [-0.3, -0.25) is 9.59 Å². The molecule has 1 aliphatic rings. The van der Waals surface area contributed by atoms with Gasteiger partial charge in [-0.25, -0.2) is 4.39 Å². The molecule has 36 heavy (non-hydrogen) atoms. The number of benzene rings is 3. The maximum absolute atomic E-state index is 14.5. The van der Waals surface area contributed by atoms with Crippen LogP contribution < -0.4 is 5.32 Å². The zero-order chi connectivity index (χ0) is 25.1. The molecule has 3 aromatic carbocycles. The smallest absolute Gasteiger partial charge is 0.245 e. The predicted octanol–water partition coefficient (Wildman–Crippen LogP) is 4.72. The Bertz CT molecular complexity index is 1400. The van der Waals surface area contributed by atoms with Gasteiger partial charge in [0.15, 0.2) is 0 Å². The number of hydrogen-bond donors (Lipinski definition) is 2. The molecule has 184 valence electrons. The van der Waals surface area contributed by atoms with Gasteiger partial charge in [0, 0.05) is 36.6 Å². The Kier molecular flexibility index (Phi) is 6.85. The zero-order valence-corrected chi connectivity index (χ0v) is 20.4. The minimum atomic E-state index is -0.796. The van der Waals surface area contributed by atoms with E-state index in [4.69, 9.17) is 0 Å². The van der Waals surface area contributed by atoms with Gasteiger partial charge in [-0.1, -0.05) is 54.6 Å². The molecule has 1 unspecified atom stereocenters. The fourth-order valence-corrected chi connectivity index (χ4v) is 5.16. The summed E-state index contributed by atoms with van der Waals surface area (Å²) >= 11 is 0. The van der Waals surface area contributed by atoms with Crippen molar-refractivity contribution in [1.82, 2.24) is 15.2 Å². The van der Waals surface area contributed by atoms with Crippen LogP contribution in [0.1, 0.15) is 34.4 Å². The molecule has 1 aliphatic heterocycles. The average molecular weight is 484 g/mol. The molecule has 2 N–H and O–H groups in total. The highest BCUT2D eigenvalue weighted by Gasteiger charge is 2.26. The Morgan fingerprint density at radius 3 is 2.58 bits per heavy atom. The van der Waals surface area contributed by atoms with Crippen molar-refractivity contribution in [2.24, 2.45) is 0 Å². The van der Waals surface area contributed by atoms with Gasteiger partial charge in [0.25, 0.3) is 0 Å². The summed E-state index contributed by atoms with van der Waals surface area (Å²) in [4.78, 5) is 31.9. The first-order chi connectivity index (χ1) is 17.5. The van der Waals surface area contributed by atoms with Crippen LogP contribution in [0.25, 0.3) is 10.9 Å². The van der Waals surface area contributed by atoms with Crippen molar-refractivity contribution >= 4 is 22.7 Å². The summed E-state index contributed by atoms with van der Waals surface area (Å²) < 4.78 is 14.5. The lowest BCUT2D eigenvalue weighted by Crippen LogP contribution is -2.48. The van der Waals surface area contributed by atoms with E-state index in [9.17, 15) is 14.0 Å². The second-order valence-corrected chi connectivity index (χ2v) is 9.63. The molecule has 5 nitrogen and oxygen atoms in total. The number of carbonyl (C=O) groups is 2. The number of nitrogens with zero attached hydrogens (tertiary/aromatic N) is 1. The third kappa shape index (κ3) is 5.33. The van der Waals surface area contributed by atoms with E-state index in [1.807, 2.05) is 60.7 Å². The van der Waals surface area contributed by atoms with E-state index in [1.165, 1.54) is 6.07 Å². The van der Waals surface area contributed by atoms with Gasteiger partial charge in [-0.05, 0) is 59.7 Å². The van der Waals surface area contributed by atoms with Crippen molar-refractivity contribution in [2.45, 2.75) is 44.7 Å². The van der Waals surface area contributed by atoms with Crippen LogP contribution in [0.5, 0.6) is 0 Å². The first kappa shape index (κ1) is 23.8. The number of nitrogens with one attached hydrogen (secondary N) is 2. The number of halogens is 1. The van der Waals surface area contributed by atoms with Gasteiger partial charge in [-0.2, -0.15) is 0 Å². The molecule has 5 rings (SSSR count). The maximum Gasteiger partial charge on any atom is 0.245 e. The molecule has 2 amide bonds. The number of fused-ring (bicyclic) bond motifs is 5. The molecular formula is C30H30FN3O2. The van der Waals surface area contributed by atoms with Crippen LogP contribution >= 0.6 is 0 Å². The van der Waals surface area contributed by atoms with Gasteiger partial charge in [0.05, 0.1) is 6.42 Å². The van der Waals surface area contributed by atoms with Gasteiger partial charge >= 0.3 is 0 Å². The van der Waals surface area contributed by atoms with Crippen molar-refractivity contribution in [3.05, 3.63) is 107 Å². The average Bonchev–Trinajstić information content (AvgIpc) is 3.20. The molecule has 1 atom stereocenters. The lowest BCUT2D eigenvalue weighted by Gasteiger charge is -2.25. The Hall–Kier alpha value is -3.93. The predicted molar refractivity (Wildman–Crippen MR) is 139 cm³/mol. The fourth-order valence-electron chi connectivity index (χ4n) is 5.16. The Labute approximate surface area is 210 Å². The van der Waals surface area contributed by atoms with Crippen LogP contribution in [0.2, 0.25) is 0 Å². The van der Waals surface area contributed by atoms with Gasteiger partial charge in [-0.15, -0.1) is 0 Å². The molecule has 6 heteroatoms. The molecule has 0 saturated carbocycles. The van der Waals surface area contributed by atoms with Crippen LogP contribution in [-0.4, -0.2) is 34.8 Å². The van der Waals surface area contributed by atoms with Crippen LogP contribution in [0.15, 0.2) is 72.8 Å². The quantitative estimate of drug-likeness (QED) is 0.443. The summed E-state index contributed by atoms with van der Waals surface area (Å²) in [5.74, 6) is -0.741. The highest BCUT2D eigenvalue weighted by atomic mass is 19.1. The minimum absolute atomic E-state index is 0.178. The second-order valence-electron chi connectivity index (χ2n) is 9.63. The maximum atomic E-state index is 14.5. The number of likely N-dealkylation sites (N-methyl/N-ethyl adjacent to an activating group) is 1. The lowest BCUT2D eigenvalue weighted by molar-refractivity contribution is -0.135.